The van der Waals surface area contributed by atoms with E-state index in [1.807, 2.05) is 43.3 Å². The number of para-hydroxylation sites is 1. The molecule has 0 aliphatic carbocycles. The number of anilines is 1. The molecule has 0 saturated heterocycles. The molecule has 1 N–H and O–H groups in total. The number of hydrogen-bond acceptors (Lipinski definition) is 4. The molecule has 0 saturated carbocycles. The lowest BCUT2D eigenvalue weighted by molar-refractivity contribution is 1.31. The van der Waals surface area contributed by atoms with Crippen LogP contribution >= 0.6 is 11.3 Å². The fourth-order valence-electron chi connectivity index (χ4n) is 1.14. The number of nitrogens with zero attached hydrogens (tertiary/aromatic N) is 2. The van der Waals surface area contributed by atoms with Crippen LogP contribution in [0.15, 0.2) is 41.5 Å². The zero-order valence-corrected chi connectivity index (χ0v) is 9.16. The molecule has 15 heavy (non-hydrogen) atoms. The van der Waals surface area contributed by atoms with Crippen molar-refractivity contribution >= 4 is 32.9 Å². The molecule has 2 rings (SSSR count). The fraction of sp³-hybridized carbons (Fsp3) is 0.0909. The molecule has 1 aromatic heterocycles. The summed E-state index contributed by atoms with van der Waals surface area (Å²) in [5.74, 6) is 0. The Labute approximate surface area is 92.2 Å². The Kier molecular flexibility index (Phi) is 3.09. The van der Waals surface area contributed by atoms with Crippen LogP contribution in [0.25, 0.3) is 10.2 Å². The van der Waals surface area contributed by atoms with Gasteiger partial charge in [-0.15, -0.1) is 0 Å². The van der Waals surface area contributed by atoms with Crippen molar-refractivity contribution in [2.24, 2.45) is 5.10 Å². The maximum Gasteiger partial charge on any atom is 0.204 e. The topological polar surface area (TPSA) is 37.3 Å². The molecule has 0 bridgehead atoms. The predicted octanol–water partition coefficient (Wildman–Crippen LogP) is 3.27. The van der Waals surface area contributed by atoms with Crippen molar-refractivity contribution in [2.45, 2.75) is 6.92 Å². The van der Waals surface area contributed by atoms with Gasteiger partial charge in [0.1, 0.15) is 0 Å². The number of rotatable bonds is 3. The van der Waals surface area contributed by atoms with Crippen molar-refractivity contribution < 1.29 is 0 Å². The van der Waals surface area contributed by atoms with E-state index in [9.17, 15) is 0 Å². The molecule has 0 atom stereocenters. The third-order valence-corrected chi connectivity index (χ3v) is 2.75. The average molecular weight is 217 g/mol. The van der Waals surface area contributed by atoms with Crippen LogP contribution in [-0.4, -0.2) is 11.2 Å². The second-order valence-electron chi connectivity index (χ2n) is 2.90. The van der Waals surface area contributed by atoms with Crippen molar-refractivity contribution in [1.82, 2.24) is 4.98 Å². The summed E-state index contributed by atoms with van der Waals surface area (Å²) in [5, 5.41) is 4.83. The summed E-state index contributed by atoms with van der Waals surface area (Å²) in [6.07, 6.45) is 5.48. The first-order chi connectivity index (χ1) is 7.40. The van der Waals surface area contributed by atoms with Gasteiger partial charge in [0.25, 0.3) is 0 Å². The summed E-state index contributed by atoms with van der Waals surface area (Å²) in [5.41, 5.74) is 3.90. The lowest BCUT2D eigenvalue weighted by Gasteiger charge is -1.88. The number of benzene rings is 1. The van der Waals surface area contributed by atoms with Crippen LogP contribution in [0.2, 0.25) is 0 Å². The fourth-order valence-corrected chi connectivity index (χ4v) is 1.96. The zero-order valence-electron chi connectivity index (χ0n) is 8.34. The van der Waals surface area contributed by atoms with Gasteiger partial charge in [-0.25, -0.2) is 4.98 Å². The Morgan fingerprint density at radius 1 is 1.40 bits per heavy atom. The second-order valence-corrected chi connectivity index (χ2v) is 3.93. The van der Waals surface area contributed by atoms with Crippen LogP contribution in [0.3, 0.4) is 0 Å². The number of nitrogens with one attached hydrogen (secondary N) is 1. The Balaban J connectivity index is 2.15. The smallest absolute Gasteiger partial charge is 0.204 e. The molecule has 0 fully saturated rings. The minimum Gasteiger partial charge on any atom is -0.253 e. The van der Waals surface area contributed by atoms with Gasteiger partial charge in [0.2, 0.25) is 5.13 Å². The van der Waals surface area contributed by atoms with Crippen LogP contribution in [0.4, 0.5) is 5.13 Å². The number of aromatic nitrogens is 1. The molecular weight excluding hydrogens is 206 g/mol. The van der Waals surface area contributed by atoms with E-state index in [2.05, 4.69) is 15.5 Å². The number of thiazole rings is 1. The van der Waals surface area contributed by atoms with Crippen LogP contribution in [-0.2, 0) is 0 Å². The molecule has 0 aliphatic heterocycles. The van der Waals surface area contributed by atoms with Crippen LogP contribution in [0.1, 0.15) is 6.92 Å². The van der Waals surface area contributed by atoms with Gasteiger partial charge < -0.3 is 0 Å². The number of hydrogen-bond donors (Lipinski definition) is 1. The van der Waals surface area contributed by atoms with E-state index in [1.165, 1.54) is 4.70 Å². The number of fused-ring (bicyclic) bond motifs is 1. The first-order valence-electron chi connectivity index (χ1n) is 4.66. The van der Waals surface area contributed by atoms with Gasteiger partial charge in [-0.3, -0.25) is 5.43 Å². The Bertz CT molecular complexity index is 466. The van der Waals surface area contributed by atoms with E-state index in [0.29, 0.717) is 0 Å². The Hall–Kier alpha value is -1.68. The minimum absolute atomic E-state index is 0.817. The van der Waals surface area contributed by atoms with E-state index in [4.69, 9.17) is 0 Å². The maximum absolute atomic E-state index is 4.38. The van der Waals surface area contributed by atoms with Gasteiger partial charge in [0.15, 0.2) is 0 Å². The third-order valence-electron chi connectivity index (χ3n) is 1.81. The molecule has 1 aromatic carbocycles. The highest BCUT2D eigenvalue weighted by molar-refractivity contribution is 7.22. The largest absolute Gasteiger partial charge is 0.253 e. The van der Waals surface area contributed by atoms with E-state index in [0.717, 1.165) is 10.6 Å². The standard InChI is InChI=1S/C11H11N3S/c1-2-3-8-12-14-11-13-9-6-4-5-7-10(9)15-11/h2-8H,1H3,(H,13,14). The van der Waals surface area contributed by atoms with E-state index < -0.39 is 0 Å². The molecule has 76 valence electrons. The summed E-state index contributed by atoms with van der Waals surface area (Å²) in [6.45, 7) is 1.95. The SMILES string of the molecule is CC=CC=NNc1nc2ccccc2s1. The summed E-state index contributed by atoms with van der Waals surface area (Å²) >= 11 is 1.60. The number of hydrazone groups is 1. The molecule has 0 aliphatic rings. The lowest BCUT2D eigenvalue weighted by atomic mass is 10.3. The maximum atomic E-state index is 4.38. The highest BCUT2D eigenvalue weighted by Crippen LogP contribution is 2.24. The second kappa shape index (κ2) is 4.70. The normalized spacial score (nSPS) is 11.8. The molecule has 0 unspecified atom stereocenters. The van der Waals surface area contributed by atoms with E-state index in [-0.39, 0.29) is 0 Å². The van der Waals surface area contributed by atoms with Crippen molar-refractivity contribution in [3.05, 3.63) is 36.4 Å². The minimum atomic E-state index is 0.817. The van der Waals surface area contributed by atoms with Gasteiger partial charge in [-0.05, 0) is 25.1 Å². The average Bonchev–Trinajstić information content (AvgIpc) is 2.67. The summed E-state index contributed by atoms with van der Waals surface area (Å²) < 4.78 is 1.17. The van der Waals surface area contributed by atoms with E-state index in [1.54, 1.807) is 17.6 Å². The Morgan fingerprint density at radius 2 is 2.27 bits per heavy atom. The molecule has 3 nitrogen and oxygen atoms in total. The summed E-state index contributed by atoms with van der Waals surface area (Å²) in [6, 6.07) is 8.03. The van der Waals surface area contributed by atoms with Gasteiger partial charge in [0, 0.05) is 6.21 Å². The Morgan fingerprint density at radius 3 is 3.07 bits per heavy atom. The van der Waals surface area contributed by atoms with Gasteiger partial charge in [-0.1, -0.05) is 29.5 Å². The molecule has 0 spiro atoms. The monoisotopic (exact) mass is 217 g/mol. The predicted molar refractivity (Wildman–Crippen MR) is 66.5 cm³/mol. The first-order valence-corrected chi connectivity index (χ1v) is 5.48. The molecule has 4 heteroatoms. The number of allylic oxidation sites excluding steroid dienone is 2. The van der Waals surface area contributed by atoms with Gasteiger partial charge >= 0.3 is 0 Å². The highest BCUT2D eigenvalue weighted by atomic mass is 32.1. The molecule has 0 radical (unpaired) electrons. The molecular formula is C11H11N3S. The lowest BCUT2D eigenvalue weighted by Crippen LogP contribution is -1.85. The van der Waals surface area contributed by atoms with Gasteiger partial charge in [0.05, 0.1) is 10.2 Å². The molecule has 1 heterocycles. The van der Waals surface area contributed by atoms with Crippen LogP contribution in [0.5, 0.6) is 0 Å². The molecule has 2 aromatic rings. The van der Waals surface area contributed by atoms with Gasteiger partial charge in [-0.2, -0.15) is 5.10 Å². The van der Waals surface area contributed by atoms with Crippen molar-refractivity contribution in [2.75, 3.05) is 5.43 Å². The van der Waals surface area contributed by atoms with Crippen LogP contribution < -0.4 is 5.43 Å². The summed E-state index contributed by atoms with van der Waals surface area (Å²) in [7, 11) is 0. The third kappa shape index (κ3) is 2.41. The zero-order chi connectivity index (χ0) is 10.5. The summed E-state index contributed by atoms with van der Waals surface area (Å²) in [4.78, 5) is 4.38. The van der Waals surface area contributed by atoms with Crippen molar-refractivity contribution in [1.29, 1.82) is 0 Å². The highest BCUT2D eigenvalue weighted by Gasteiger charge is 1.99. The first kappa shape index (κ1) is 9.86. The quantitative estimate of drug-likeness (QED) is 0.633. The van der Waals surface area contributed by atoms with Crippen LogP contribution in [0, 0.1) is 0 Å². The molecule has 0 amide bonds. The van der Waals surface area contributed by atoms with Crippen molar-refractivity contribution in [3.63, 3.8) is 0 Å². The van der Waals surface area contributed by atoms with Crippen molar-refractivity contribution in [3.8, 4) is 0 Å². The van der Waals surface area contributed by atoms with E-state index >= 15 is 0 Å².